The Morgan fingerprint density at radius 3 is 2.67 bits per heavy atom. The topological polar surface area (TPSA) is 94.6 Å². The Bertz CT molecular complexity index is 925. The van der Waals surface area contributed by atoms with E-state index in [4.69, 9.17) is 0 Å². The highest BCUT2D eigenvalue weighted by atomic mass is 16.2. The number of carbonyl (C=O) groups is 2. The van der Waals surface area contributed by atoms with Crippen molar-refractivity contribution in [3.8, 4) is 0 Å². The van der Waals surface area contributed by atoms with Crippen LogP contribution >= 0.6 is 0 Å². The summed E-state index contributed by atoms with van der Waals surface area (Å²) in [6, 6.07) is 15.4. The molecule has 0 aliphatic carbocycles. The van der Waals surface area contributed by atoms with Crippen LogP contribution in [0.15, 0.2) is 53.5 Å². The second-order valence-corrected chi connectivity index (χ2v) is 7.17. The molecular formula is C23H29N5O2. The SMILES string of the molecule is CCNC(=O)c1cccc(CN=C(NCC)NCC2CC(=O)Nc3ccccc32)c1. The lowest BCUT2D eigenvalue weighted by Crippen LogP contribution is -2.40. The number of aliphatic imine (C=N–C) groups is 1. The summed E-state index contributed by atoms with van der Waals surface area (Å²) in [5, 5.41) is 12.3. The fourth-order valence-corrected chi connectivity index (χ4v) is 3.49. The first-order valence-electron chi connectivity index (χ1n) is 10.4. The van der Waals surface area contributed by atoms with E-state index in [-0.39, 0.29) is 17.7 Å². The van der Waals surface area contributed by atoms with E-state index < -0.39 is 0 Å². The van der Waals surface area contributed by atoms with Crippen molar-refractivity contribution in [3.05, 3.63) is 65.2 Å². The Kier molecular flexibility index (Phi) is 7.43. The van der Waals surface area contributed by atoms with Crippen LogP contribution < -0.4 is 21.3 Å². The number of hydrogen-bond donors (Lipinski definition) is 4. The second-order valence-electron chi connectivity index (χ2n) is 7.17. The van der Waals surface area contributed by atoms with Gasteiger partial charge in [0.1, 0.15) is 0 Å². The molecule has 0 spiro atoms. The molecule has 0 saturated heterocycles. The van der Waals surface area contributed by atoms with Gasteiger partial charge in [-0.05, 0) is 43.2 Å². The third kappa shape index (κ3) is 5.59. The zero-order chi connectivity index (χ0) is 21.3. The lowest BCUT2D eigenvalue weighted by molar-refractivity contribution is -0.116. The number of para-hydroxylation sites is 1. The minimum absolute atomic E-state index is 0.0320. The Morgan fingerprint density at radius 2 is 1.87 bits per heavy atom. The summed E-state index contributed by atoms with van der Waals surface area (Å²) in [6.07, 6.45) is 0.442. The molecule has 158 valence electrons. The van der Waals surface area contributed by atoms with Crippen molar-refractivity contribution in [3.63, 3.8) is 0 Å². The first-order chi connectivity index (χ1) is 14.6. The minimum atomic E-state index is -0.0809. The minimum Gasteiger partial charge on any atom is -0.357 e. The van der Waals surface area contributed by atoms with Crippen molar-refractivity contribution >= 4 is 23.5 Å². The zero-order valence-corrected chi connectivity index (χ0v) is 17.5. The van der Waals surface area contributed by atoms with Crippen molar-refractivity contribution in [2.24, 2.45) is 4.99 Å². The average Bonchev–Trinajstić information content (AvgIpc) is 2.75. The first kappa shape index (κ1) is 21.4. The van der Waals surface area contributed by atoms with Crippen LogP contribution in [0.2, 0.25) is 0 Å². The van der Waals surface area contributed by atoms with Gasteiger partial charge in [-0.3, -0.25) is 9.59 Å². The first-order valence-corrected chi connectivity index (χ1v) is 10.4. The predicted octanol–water partition coefficient (Wildman–Crippen LogP) is 2.62. The van der Waals surface area contributed by atoms with Crippen LogP contribution in [0.5, 0.6) is 0 Å². The van der Waals surface area contributed by atoms with E-state index in [2.05, 4.69) is 32.3 Å². The van der Waals surface area contributed by atoms with Gasteiger partial charge in [-0.1, -0.05) is 30.3 Å². The van der Waals surface area contributed by atoms with Crippen molar-refractivity contribution in [2.75, 3.05) is 25.0 Å². The number of rotatable bonds is 7. The van der Waals surface area contributed by atoms with Gasteiger partial charge >= 0.3 is 0 Å². The maximum absolute atomic E-state index is 12.0. The largest absolute Gasteiger partial charge is 0.357 e. The molecule has 4 N–H and O–H groups in total. The molecule has 7 nitrogen and oxygen atoms in total. The summed E-state index contributed by atoms with van der Waals surface area (Å²) >= 11 is 0. The molecule has 2 aromatic carbocycles. The Morgan fingerprint density at radius 1 is 1.07 bits per heavy atom. The molecule has 0 aromatic heterocycles. The summed E-state index contributed by atoms with van der Waals surface area (Å²) in [7, 11) is 0. The quantitative estimate of drug-likeness (QED) is 0.419. The van der Waals surface area contributed by atoms with Crippen LogP contribution in [-0.2, 0) is 11.3 Å². The molecule has 2 amide bonds. The summed E-state index contributed by atoms with van der Waals surface area (Å²) in [5.41, 5.74) is 3.60. The molecular weight excluding hydrogens is 378 g/mol. The van der Waals surface area contributed by atoms with Gasteiger partial charge < -0.3 is 21.3 Å². The number of amides is 2. The lowest BCUT2D eigenvalue weighted by Gasteiger charge is -2.26. The monoisotopic (exact) mass is 407 g/mol. The fourth-order valence-electron chi connectivity index (χ4n) is 3.49. The van der Waals surface area contributed by atoms with Crippen LogP contribution in [0.4, 0.5) is 5.69 Å². The third-order valence-corrected chi connectivity index (χ3v) is 4.91. The van der Waals surface area contributed by atoms with Gasteiger partial charge in [0, 0.05) is 43.2 Å². The summed E-state index contributed by atoms with van der Waals surface area (Å²) in [6.45, 7) is 6.29. The highest BCUT2D eigenvalue weighted by molar-refractivity contribution is 5.95. The maximum Gasteiger partial charge on any atom is 0.251 e. The zero-order valence-electron chi connectivity index (χ0n) is 17.5. The molecule has 7 heteroatoms. The molecule has 2 aromatic rings. The molecule has 1 aliphatic rings. The number of fused-ring (bicyclic) bond motifs is 1. The lowest BCUT2D eigenvalue weighted by atomic mass is 9.90. The number of nitrogens with one attached hydrogen (secondary N) is 4. The number of guanidine groups is 1. The molecule has 1 aliphatic heterocycles. The van der Waals surface area contributed by atoms with Crippen molar-refractivity contribution < 1.29 is 9.59 Å². The van der Waals surface area contributed by atoms with E-state index in [1.807, 2.05) is 50.2 Å². The van der Waals surface area contributed by atoms with Crippen LogP contribution in [0, 0.1) is 0 Å². The molecule has 1 atom stereocenters. The molecule has 0 bridgehead atoms. The maximum atomic E-state index is 12.0. The molecule has 1 heterocycles. The summed E-state index contributed by atoms with van der Waals surface area (Å²) in [5.74, 6) is 0.719. The van der Waals surface area contributed by atoms with Crippen molar-refractivity contribution in [1.29, 1.82) is 0 Å². The summed E-state index contributed by atoms with van der Waals surface area (Å²) in [4.78, 5) is 28.7. The smallest absolute Gasteiger partial charge is 0.251 e. The molecule has 0 fully saturated rings. The van der Waals surface area contributed by atoms with Gasteiger partial charge in [-0.2, -0.15) is 0 Å². The number of nitrogens with zero attached hydrogens (tertiary/aromatic N) is 1. The van der Waals surface area contributed by atoms with E-state index in [1.165, 1.54) is 0 Å². The Hall–Kier alpha value is -3.35. The number of hydrogen-bond acceptors (Lipinski definition) is 3. The molecule has 3 rings (SSSR count). The average molecular weight is 408 g/mol. The Labute approximate surface area is 177 Å². The van der Waals surface area contributed by atoms with Gasteiger partial charge in [0.25, 0.3) is 5.91 Å². The number of anilines is 1. The molecule has 0 saturated carbocycles. The highest BCUT2D eigenvalue weighted by Gasteiger charge is 2.24. The van der Waals surface area contributed by atoms with Gasteiger partial charge in [-0.15, -0.1) is 0 Å². The molecule has 0 radical (unpaired) electrons. The number of carbonyl (C=O) groups excluding carboxylic acids is 2. The number of benzene rings is 2. The predicted molar refractivity (Wildman–Crippen MR) is 120 cm³/mol. The van der Waals surface area contributed by atoms with Gasteiger partial charge in [0.05, 0.1) is 6.54 Å². The van der Waals surface area contributed by atoms with E-state index >= 15 is 0 Å². The van der Waals surface area contributed by atoms with Crippen LogP contribution in [0.3, 0.4) is 0 Å². The van der Waals surface area contributed by atoms with Gasteiger partial charge in [0.2, 0.25) is 5.91 Å². The highest BCUT2D eigenvalue weighted by Crippen LogP contribution is 2.31. The van der Waals surface area contributed by atoms with Gasteiger partial charge in [-0.25, -0.2) is 4.99 Å². The van der Waals surface area contributed by atoms with E-state index in [0.29, 0.717) is 37.6 Å². The fraction of sp³-hybridized carbons (Fsp3) is 0.348. The molecule has 30 heavy (non-hydrogen) atoms. The summed E-state index contributed by atoms with van der Waals surface area (Å²) < 4.78 is 0. The van der Waals surface area contributed by atoms with E-state index in [0.717, 1.165) is 23.4 Å². The third-order valence-electron chi connectivity index (χ3n) is 4.91. The van der Waals surface area contributed by atoms with Gasteiger partial charge in [0.15, 0.2) is 5.96 Å². The standard InChI is InChI=1S/C23H29N5O2/c1-3-24-22(30)17-9-7-8-16(12-17)14-26-23(25-4-2)27-15-18-13-21(29)28-20-11-6-5-10-19(18)20/h5-12,18H,3-4,13-15H2,1-2H3,(H,24,30)(H,28,29)(H2,25,26,27). The second kappa shape index (κ2) is 10.4. The van der Waals surface area contributed by atoms with Crippen LogP contribution in [0.25, 0.3) is 0 Å². The van der Waals surface area contributed by atoms with Crippen LogP contribution in [-0.4, -0.2) is 37.4 Å². The Balaban J connectivity index is 1.67. The molecule has 1 unspecified atom stereocenters. The van der Waals surface area contributed by atoms with Crippen LogP contribution in [0.1, 0.15) is 47.7 Å². The van der Waals surface area contributed by atoms with E-state index in [9.17, 15) is 9.59 Å². The van der Waals surface area contributed by atoms with Crippen molar-refractivity contribution in [1.82, 2.24) is 16.0 Å². The van der Waals surface area contributed by atoms with E-state index in [1.54, 1.807) is 6.07 Å². The normalized spacial score (nSPS) is 15.7. The van der Waals surface area contributed by atoms with Crippen molar-refractivity contribution in [2.45, 2.75) is 32.7 Å².